The predicted molar refractivity (Wildman–Crippen MR) is 252 cm³/mol. The van der Waals surface area contributed by atoms with Crippen LogP contribution in [0.3, 0.4) is 0 Å². The van der Waals surface area contributed by atoms with Crippen molar-refractivity contribution in [3.8, 4) is 0 Å². The number of aliphatic hydroxyl groups is 10. The van der Waals surface area contributed by atoms with Gasteiger partial charge in [-0.15, -0.1) is 0 Å². The van der Waals surface area contributed by atoms with Gasteiger partial charge in [-0.05, 0) is 46.2 Å². The number of fused-ring (bicyclic) bond motifs is 2. The highest BCUT2D eigenvalue weighted by molar-refractivity contribution is 5.80. The Hall–Kier alpha value is -3.48. The van der Waals surface area contributed by atoms with E-state index in [-0.39, 0.29) is 51.2 Å². The topological polar surface area (TPSA) is 323 Å². The molecule has 3 heterocycles. The molecule has 0 aromatic heterocycles. The minimum Gasteiger partial charge on any atom is -0.462 e. The summed E-state index contributed by atoms with van der Waals surface area (Å²) in [6, 6.07) is -1.10. The summed E-state index contributed by atoms with van der Waals surface area (Å²) in [5.74, 6) is -5.04. The first-order valence-electron chi connectivity index (χ1n) is 23.7. The zero-order chi connectivity index (χ0) is 50.2. The van der Waals surface area contributed by atoms with Gasteiger partial charge in [0.25, 0.3) is 0 Å². The van der Waals surface area contributed by atoms with Crippen LogP contribution in [-0.2, 0) is 28.5 Å². The fourth-order valence-corrected chi connectivity index (χ4v) is 8.10. The van der Waals surface area contributed by atoms with Crippen LogP contribution in [0, 0.1) is 11.8 Å². The number of nitrogens with two attached hydrogens (primary N) is 1. The molecule has 68 heavy (non-hydrogen) atoms. The summed E-state index contributed by atoms with van der Waals surface area (Å²) in [4.78, 5) is 26.2. The largest absolute Gasteiger partial charge is 0.462 e. The first-order valence-corrected chi connectivity index (χ1v) is 23.7. The number of amides is 1. The molecule has 0 radical (unpaired) electrons. The number of ether oxygens (including phenoxy) is 4. The first-order chi connectivity index (χ1) is 32.3. The highest BCUT2D eigenvalue weighted by atomic mass is 16.7. The maximum Gasteiger partial charge on any atom is 0.308 e. The molecule has 0 saturated carbocycles. The smallest absolute Gasteiger partial charge is 0.308 e. The van der Waals surface area contributed by atoms with Gasteiger partial charge in [0.1, 0.15) is 12.2 Å². The molecule has 1 amide bonds. The van der Waals surface area contributed by atoms with Gasteiger partial charge >= 0.3 is 5.97 Å². The van der Waals surface area contributed by atoms with Crippen LogP contribution in [0.2, 0.25) is 0 Å². The van der Waals surface area contributed by atoms with Crippen LogP contribution in [0.5, 0.6) is 0 Å². The quantitative estimate of drug-likeness (QED) is 0.115. The Morgan fingerprint density at radius 2 is 1.34 bits per heavy atom. The molecule has 2 saturated heterocycles. The molecule has 19 heteroatoms. The number of hydrogen-bond donors (Lipinski definition) is 13. The highest BCUT2D eigenvalue weighted by Gasteiger charge is 2.50. The monoisotopic (exact) mass is 966 g/mol. The van der Waals surface area contributed by atoms with E-state index < -0.39 is 135 Å². The molecular formula is C49H79N3O16. The first kappa shape index (κ1) is 58.8. The third-order valence-corrected chi connectivity index (χ3v) is 12.0. The molecule has 14 N–H and O–H groups in total. The lowest BCUT2D eigenvalue weighted by Gasteiger charge is -2.45. The summed E-state index contributed by atoms with van der Waals surface area (Å²) in [5.41, 5.74) is 6.01. The summed E-state index contributed by atoms with van der Waals surface area (Å²) in [6.45, 7) is 4.09. The Bertz CT molecular complexity index is 1690. The highest BCUT2D eigenvalue weighted by Crippen LogP contribution is 2.38. The van der Waals surface area contributed by atoms with Crippen LogP contribution in [-0.4, -0.2) is 181 Å². The normalized spacial score (nSPS) is 41.8. The summed E-state index contributed by atoms with van der Waals surface area (Å²) in [7, 11) is 1.76. The Morgan fingerprint density at radius 3 is 1.97 bits per heavy atom. The summed E-state index contributed by atoms with van der Waals surface area (Å²) >= 11 is 0. The molecule has 2 bridgehead atoms. The third kappa shape index (κ3) is 21.7. The van der Waals surface area contributed by atoms with E-state index in [1.807, 2.05) is 43.4 Å². The number of carbonyl (C=O) groups excluding carboxylic acids is 2. The second kappa shape index (κ2) is 31.0. The zero-order valence-corrected chi connectivity index (χ0v) is 39.5. The van der Waals surface area contributed by atoms with Gasteiger partial charge in [0.2, 0.25) is 5.91 Å². The predicted octanol–water partition coefficient (Wildman–Crippen LogP) is -0.282. The molecular weight excluding hydrogens is 887 g/mol. The lowest BCUT2D eigenvalue weighted by molar-refractivity contribution is -0.304. The molecule has 17 atom stereocenters. The number of carbonyl (C=O) groups is 2. The Morgan fingerprint density at radius 1 is 0.721 bits per heavy atom. The molecule has 3 aliphatic heterocycles. The van der Waals surface area contributed by atoms with Gasteiger partial charge in [0, 0.05) is 44.6 Å². The molecule has 0 spiro atoms. The van der Waals surface area contributed by atoms with E-state index >= 15 is 0 Å². The Balaban J connectivity index is 1.89. The summed E-state index contributed by atoms with van der Waals surface area (Å²) < 4.78 is 23.3. The van der Waals surface area contributed by atoms with Gasteiger partial charge in [-0.25, -0.2) is 0 Å². The third-order valence-electron chi connectivity index (χ3n) is 12.0. The number of allylic oxidation sites excluding steroid dienone is 12. The van der Waals surface area contributed by atoms with Crippen molar-refractivity contribution in [3.05, 3.63) is 85.1 Å². The molecule has 3 rings (SSSR count). The van der Waals surface area contributed by atoms with Crippen LogP contribution in [0.25, 0.3) is 0 Å². The van der Waals surface area contributed by atoms with Gasteiger partial charge in [0.05, 0.1) is 86.0 Å². The van der Waals surface area contributed by atoms with Crippen LogP contribution in [0.4, 0.5) is 0 Å². The van der Waals surface area contributed by atoms with E-state index in [2.05, 4.69) is 10.6 Å². The van der Waals surface area contributed by atoms with E-state index in [1.54, 1.807) is 62.6 Å². The molecule has 2 fully saturated rings. The standard InChI is InChI=1S/C49H79N3O16/c1-31-17-14-12-10-8-6-4-5-7-9-11-13-15-18-36(67-48-46(62)45(50)41(60)30-65-48)27-42-44(47(63)52-22-16-21-51-3)40(59)29-49(64,68-42)28-35(55)25-39(58)37(56)20-19-33(53)24-34(54)26-43(61)66-32(2)23-38(31)57/h4-15,17-18,31-42,44-46,48,51,53-60,62,64H,16,19-30,50H2,1-3H3,(H,52,63)/b5-4+,8-6+,9-7+,12-10+,13-11+,17-14+,18-15+/t31-,32-,33?,34?,35?,36?,37?,38-,39?,40-,41+,42-,44+,45-,46-,48-,49?/m0/s1. The van der Waals surface area contributed by atoms with E-state index in [4.69, 9.17) is 24.7 Å². The van der Waals surface area contributed by atoms with Gasteiger partial charge in [-0.3, -0.25) is 9.59 Å². The lowest BCUT2D eigenvalue weighted by Crippen LogP contribution is -2.59. The Kier molecular flexibility index (Phi) is 26.8. The summed E-state index contributed by atoms with van der Waals surface area (Å²) in [5, 5.41) is 114. The maximum absolute atomic E-state index is 13.7. The van der Waals surface area contributed by atoms with Gasteiger partial charge in [-0.2, -0.15) is 0 Å². The Labute approximate surface area is 400 Å². The summed E-state index contributed by atoms with van der Waals surface area (Å²) in [6.07, 6.45) is 6.68. The van der Waals surface area contributed by atoms with Crippen LogP contribution in [0.15, 0.2) is 85.1 Å². The van der Waals surface area contributed by atoms with Gasteiger partial charge in [-0.1, -0.05) is 92.0 Å². The van der Waals surface area contributed by atoms with Crippen molar-refractivity contribution in [3.63, 3.8) is 0 Å². The van der Waals surface area contributed by atoms with Crippen LogP contribution in [0.1, 0.15) is 78.1 Å². The second-order valence-electron chi connectivity index (χ2n) is 18.1. The zero-order valence-electron chi connectivity index (χ0n) is 39.5. The van der Waals surface area contributed by atoms with E-state index in [1.165, 1.54) is 0 Å². The molecule has 7 unspecified atom stereocenters. The molecule has 3 aliphatic rings. The van der Waals surface area contributed by atoms with Crippen molar-refractivity contribution in [2.24, 2.45) is 17.6 Å². The number of aliphatic hydroxyl groups excluding tert-OH is 9. The minimum atomic E-state index is -2.25. The molecule has 19 nitrogen and oxygen atoms in total. The van der Waals surface area contributed by atoms with Crippen molar-refractivity contribution < 1.29 is 79.6 Å². The maximum atomic E-state index is 13.7. The average Bonchev–Trinajstić information content (AvgIpc) is 3.26. The van der Waals surface area contributed by atoms with Crippen LogP contribution >= 0.6 is 0 Å². The van der Waals surface area contributed by atoms with Crippen molar-refractivity contribution in [2.45, 2.75) is 169 Å². The van der Waals surface area contributed by atoms with Crippen LogP contribution < -0.4 is 16.4 Å². The number of esters is 1. The molecule has 0 aromatic carbocycles. The SMILES string of the molecule is CNCCCNC(=O)[C@H]1[C@@H]2CC(O[C@@H]3OC[C@@H](O)[C@H](N)[C@@H]3O)/C=C/C=C/C=C/C=C/C=C/C=C/C=C/[C@H](C)[C@@H](O)C[C@H](C)OC(=O)CC(O)CC(O)CCC(O)C(O)CC(O)CC(O)(C[C@@H]1O)O2. The van der Waals surface area contributed by atoms with Crippen molar-refractivity contribution in [1.29, 1.82) is 0 Å². The molecule has 386 valence electrons. The van der Waals surface area contributed by atoms with E-state index in [0.29, 0.717) is 13.0 Å². The molecule has 0 aromatic rings. The minimum absolute atomic E-state index is 0.0874. The molecule has 0 aliphatic carbocycles. The average molecular weight is 966 g/mol. The van der Waals surface area contributed by atoms with Crippen molar-refractivity contribution >= 4 is 11.9 Å². The fourth-order valence-electron chi connectivity index (χ4n) is 8.10. The fraction of sp³-hybridized carbons (Fsp3) is 0.673. The number of cyclic esters (lactones) is 1. The van der Waals surface area contributed by atoms with Crippen molar-refractivity contribution in [2.75, 3.05) is 26.7 Å². The number of rotatable bonds is 7. The van der Waals surface area contributed by atoms with Gasteiger partial charge < -0.3 is 86.4 Å². The number of hydrogen-bond acceptors (Lipinski definition) is 18. The number of nitrogens with one attached hydrogen (secondary N) is 2. The van der Waals surface area contributed by atoms with Gasteiger partial charge in [0.15, 0.2) is 12.1 Å². The van der Waals surface area contributed by atoms with Crippen molar-refractivity contribution in [1.82, 2.24) is 10.6 Å². The van der Waals surface area contributed by atoms with E-state index in [0.717, 1.165) is 0 Å². The lowest BCUT2D eigenvalue weighted by atomic mass is 9.82. The van der Waals surface area contributed by atoms with E-state index in [9.17, 15) is 60.7 Å². The second-order valence-corrected chi connectivity index (χ2v) is 18.1.